The predicted molar refractivity (Wildman–Crippen MR) is 100 cm³/mol. The van der Waals surface area contributed by atoms with Crippen molar-refractivity contribution >= 4 is 17.4 Å². The number of carbonyl (C=O) groups is 1. The Morgan fingerprint density at radius 1 is 0.963 bits per heavy atom. The highest BCUT2D eigenvalue weighted by atomic mass is 19.4. The summed E-state index contributed by atoms with van der Waals surface area (Å²) in [6.07, 6.45) is -4.36. The molecule has 0 aromatic heterocycles. The predicted octanol–water partition coefficient (Wildman–Crippen LogP) is 4.68. The lowest BCUT2D eigenvalue weighted by atomic mass is 10.1. The number of piperazine rings is 1. The van der Waals surface area contributed by atoms with Gasteiger partial charge in [-0.2, -0.15) is 13.2 Å². The Hall–Kier alpha value is -2.70. The normalized spacial score (nSPS) is 15.0. The van der Waals surface area contributed by atoms with E-state index in [2.05, 4.69) is 5.32 Å². The summed E-state index contributed by atoms with van der Waals surface area (Å²) in [5.74, 6) is 0. The standard InChI is InChI=1S/C20H22F3N3O/c1-14-10-15(2)12-17(11-14)24-19(27)26-8-6-25(7-9-26)18-5-3-4-16(13-18)20(21,22)23/h3-5,10-13H,6-9H2,1-2H3,(H,24,27). The number of urea groups is 1. The molecular formula is C20H22F3N3O. The molecule has 1 aliphatic heterocycles. The summed E-state index contributed by atoms with van der Waals surface area (Å²) in [4.78, 5) is 16.0. The van der Waals surface area contributed by atoms with Crippen LogP contribution in [0.15, 0.2) is 42.5 Å². The monoisotopic (exact) mass is 377 g/mol. The third kappa shape index (κ3) is 4.72. The number of rotatable bonds is 2. The second kappa shape index (κ2) is 7.50. The van der Waals surface area contributed by atoms with Gasteiger partial charge in [-0.05, 0) is 55.3 Å². The highest BCUT2D eigenvalue weighted by Gasteiger charge is 2.31. The van der Waals surface area contributed by atoms with Crippen molar-refractivity contribution in [3.63, 3.8) is 0 Å². The average Bonchev–Trinajstić information content (AvgIpc) is 2.60. The van der Waals surface area contributed by atoms with E-state index in [9.17, 15) is 18.0 Å². The molecule has 2 amide bonds. The van der Waals surface area contributed by atoms with Crippen LogP contribution >= 0.6 is 0 Å². The van der Waals surface area contributed by atoms with Gasteiger partial charge in [0.2, 0.25) is 0 Å². The number of carbonyl (C=O) groups excluding carboxylic acids is 1. The molecule has 0 aliphatic carbocycles. The minimum Gasteiger partial charge on any atom is -0.368 e. The Balaban J connectivity index is 1.61. The van der Waals surface area contributed by atoms with Gasteiger partial charge in [0.1, 0.15) is 0 Å². The molecule has 2 aromatic carbocycles. The average molecular weight is 377 g/mol. The van der Waals surface area contributed by atoms with Crippen LogP contribution < -0.4 is 10.2 Å². The van der Waals surface area contributed by atoms with Crippen molar-refractivity contribution in [2.75, 3.05) is 36.4 Å². The van der Waals surface area contributed by atoms with Gasteiger partial charge in [0, 0.05) is 37.6 Å². The molecule has 0 unspecified atom stereocenters. The van der Waals surface area contributed by atoms with E-state index in [0.717, 1.165) is 28.9 Å². The van der Waals surface area contributed by atoms with E-state index in [1.807, 2.05) is 36.9 Å². The second-order valence-electron chi connectivity index (χ2n) is 6.83. The number of nitrogens with one attached hydrogen (secondary N) is 1. The topological polar surface area (TPSA) is 35.6 Å². The summed E-state index contributed by atoms with van der Waals surface area (Å²) in [6, 6.07) is 11.0. The fraction of sp³-hybridized carbons (Fsp3) is 0.350. The Morgan fingerprint density at radius 2 is 1.59 bits per heavy atom. The fourth-order valence-electron chi connectivity index (χ4n) is 3.30. The molecule has 1 saturated heterocycles. The van der Waals surface area contributed by atoms with Gasteiger partial charge in [-0.25, -0.2) is 4.79 Å². The molecule has 1 heterocycles. The van der Waals surface area contributed by atoms with E-state index >= 15 is 0 Å². The molecular weight excluding hydrogens is 355 g/mol. The zero-order valence-corrected chi connectivity index (χ0v) is 15.3. The zero-order valence-electron chi connectivity index (χ0n) is 15.3. The molecule has 0 saturated carbocycles. The maximum absolute atomic E-state index is 12.9. The van der Waals surface area contributed by atoms with Crippen LogP contribution in [0.1, 0.15) is 16.7 Å². The van der Waals surface area contributed by atoms with Gasteiger partial charge in [-0.15, -0.1) is 0 Å². The van der Waals surface area contributed by atoms with Crippen molar-refractivity contribution in [2.24, 2.45) is 0 Å². The van der Waals surface area contributed by atoms with Crippen LogP contribution in [0.5, 0.6) is 0 Å². The van der Waals surface area contributed by atoms with Crippen LogP contribution in [0.25, 0.3) is 0 Å². The molecule has 144 valence electrons. The summed E-state index contributed by atoms with van der Waals surface area (Å²) in [5, 5.41) is 2.90. The Labute approximate surface area is 156 Å². The minimum atomic E-state index is -4.36. The van der Waals surface area contributed by atoms with E-state index < -0.39 is 11.7 Å². The maximum atomic E-state index is 12.9. The SMILES string of the molecule is Cc1cc(C)cc(NC(=O)N2CCN(c3cccc(C(F)(F)F)c3)CC2)c1. The molecule has 1 fully saturated rings. The smallest absolute Gasteiger partial charge is 0.368 e. The van der Waals surface area contributed by atoms with E-state index in [-0.39, 0.29) is 6.03 Å². The van der Waals surface area contributed by atoms with Crippen molar-refractivity contribution in [3.8, 4) is 0 Å². The van der Waals surface area contributed by atoms with Crippen LogP contribution in [0.2, 0.25) is 0 Å². The third-order valence-electron chi connectivity index (χ3n) is 4.58. The van der Waals surface area contributed by atoms with Gasteiger partial charge in [0.15, 0.2) is 0 Å². The maximum Gasteiger partial charge on any atom is 0.416 e. The number of amides is 2. The van der Waals surface area contributed by atoms with Crippen molar-refractivity contribution in [1.29, 1.82) is 0 Å². The molecule has 0 radical (unpaired) electrons. The Morgan fingerprint density at radius 3 is 2.19 bits per heavy atom. The first-order valence-corrected chi connectivity index (χ1v) is 8.79. The van der Waals surface area contributed by atoms with Crippen LogP contribution in [-0.2, 0) is 6.18 Å². The molecule has 1 aliphatic rings. The largest absolute Gasteiger partial charge is 0.416 e. The zero-order chi connectivity index (χ0) is 19.6. The van der Waals surface area contributed by atoms with Crippen LogP contribution in [0.4, 0.5) is 29.3 Å². The third-order valence-corrected chi connectivity index (χ3v) is 4.58. The van der Waals surface area contributed by atoms with Crippen LogP contribution in [0.3, 0.4) is 0 Å². The first-order valence-electron chi connectivity index (χ1n) is 8.79. The van der Waals surface area contributed by atoms with Gasteiger partial charge in [0.25, 0.3) is 0 Å². The Bertz CT molecular complexity index is 807. The number of anilines is 2. The molecule has 1 N–H and O–H groups in total. The van der Waals surface area contributed by atoms with Gasteiger partial charge in [-0.1, -0.05) is 12.1 Å². The van der Waals surface area contributed by atoms with E-state index in [1.54, 1.807) is 11.0 Å². The van der Waals surface area contributed by atoms with E-state index in [1.165, 1.54) is 6.07 Å². The fourth-order valence-corrected chi connectivity index (χ4v) is 3.30. The van der Waals surface area contributed by atoms with Gasteiger partial charge in [-0.3, -0.25) is 0 Å². The number of alkyl halides is 3. The number of benzene rings is 2. The summed E-state index contributed by atoms with van der Waals surface area (Å²) >= 11 is 0. The summed E-state index contributed by atoms with van der Waals surface area (Å²) < 4.78 is 38.7. The van der Waals surface area contributed by atoms with Gasteiger partial charge in [0.05, 0.1) is 5.56 Å². The number of halogens is 3. The second-order valence-corrected chi connectivity index (χ2v) is 6.83. The highest BCUT2D eigenvalue weighted by molar-refractivity contribution is 5.89. The number of hydrogen-bond donors (Lipinski definition) is 1. The van der Waals surface area contributed by atoms with Crippen LogP contribution in [-0.4, -0.2) is 37.1 Å². The van der Waals surface area contributed by atoms with Crippen molar-refractivity contribution in [3.05, 3.63) is 59.2 Å². The summed E-state index contributed by atoms with van der Waals surface area (Å²) in [7, 11) is 0. The summed E-state index contributed by atoms with van der Waals surface area (Å²) in [6.45, 7) is 5.82. The van der Waals surface area contributed by atoms with Crippen molar-refractivity contribution in [2.45, 2.75) is 20.0 Å². The highest BCUT2D eigenvalue weighted by Crippen LogP contribution is 2.31. The molecule has 0 bridgehead atoms. The molecule has 4 nitrogen and oxygen atoms in total. The number of aryl methyl sites for hydroxylation is 2. The van der Waals surface area contributed by atoms with Crippen molar-refractivity contribution in [1.82, 2.24) is 4.90 Å². The van der Waals surface area contributed by atoms with Gasteiger partial charge < -0.3 is 15.1 Å². The van der Waals surface area contributed by atoms with Gasteiger partial charge >= 0.3 is 12.2 Å². The van der Waals surface area contributed by atoms with E-state index in [0.29, 0.717) is 31.9 Å². The first kappa shape index (κ1) is 19.1. The van der Waals surface area contributed by atoms with E-state index in [4.69, 9.17) is 0 Å². The van der Waals surface area contributed by atoms with Crippen LogP contribution in [0, 0.1) is 13.8 Å². The lowest BCUT2D eigenvalue weighted by Crippen LogP contribution is -2.50. The quantitative estimate of drug-likeness (QED) is 0.825. The number of hydrogen-bond acceptors (Lipinski definition) is 2. The Kier molecular flexibility index (Phi) is 5.30. The first-order chi connectivity index (χ1) is 12.7. The molecule has 3 rings (SSSR count). The molecule has 7 heteroatoms. The number of nitrogens with zero attached hydrogens (tertiary/aromatic N) is 2. The molecule has 0 atom stereocenters. The molecule has 0 spiro atoms. The molecule has 27 heavy (non-hydrogen) atoms. The van der Waals surface area contributed by atoms with Crippen molar-refractivity contribution < 1.29 is 18.0 Å². The molecule has 2 aromatic rings. The summed E-state index contributed by atoms with van der Waals surface area (Å²) in [5.41, 5.74) is 2.76. The lowest BCUT2D eigenvalue weighted by molar-refractivity contribution is -0.137. The lowest BCUT2D eigenvalue weighted by Gasteiger charge is -2.36. The minimum absolute atomic E-state index is 0.191.